The van der Waals surface area contributed by atoms with E-state index in [1.54, 1.807) is 0 Å². The summed E-state index contributed by atoms with van der Waals surface area (Å²) in [6.07, 6.45) is -0.500. The van der Waals surface area contributed by atoms with Crippen molar-refractivity contribution in [3.63, 3.8) is 0 Å². The fraction of sp³-hybridized carbons (Fsp3) is 0.900. The summed E-state index contributed by atoms with van der Waals surface area (Å²) in [5.74, 6) is 0.760. The maximum Gasteiger partial charge on any atom is 0.193 e. The van der Waals surface area contributed by atoms with E-state index in [0.29, 0.717) is 12.5 Å². The topological polar surface area (TPSA) is 35.5 Å². The lowest BCUT2D eigenvalue weighted by molar-refractivity contribution is -0.130. The van der Waals surface area contributed by atoms with E-state index in [0.717, 1.165) is 0 Å². The summed E-state index contributed by atoms with van der Waals surface area (Å²) in [6, 6.07) is 0. The van der Waals surface area contributed by atoms with Crippen LogP contribution >= 0.6 is 0 Å². The number of carbonyl (C=O) groups excluding carboxylic acids is 1. The van der Waals surface area contributed by atoms with Crippen LogP contribution in [0.25, 0.3) is 0 Å². The van der Waals surface area contributed by atoms with Crippen molar-refractivity contribution in [2.75, 3.05) is 6.61 Å². The Hall–Kier alpha value is -0.410. The summed E-state index contributed by atoms with van der Waals surface area (Å²) in [6.45, 7) is 6.75. The molecule has 0 aromatic heterocycles. The summed E-state index contributed by atoms with van der Waals surface area (Å²) < 4.78 is 11.1. The van der Waals surface area contributed by atoms with Crippen molar-refractivity contribution in [1.29, 1.82) is 0 Å². The van der Waals surface area contributed by atoms with Crippen molar-refractivity contribution in [2.45, 2.75) is 39.1 Å². The second-order valence-electron chi connectivity index (χ2n) is 4.40. The molecule has 0 bridgehead atoms. The Bertz CT molecular complexity index is 220. The molecule has 3 nitrogen and oxygen atoms in total. The van der Waals surface area contributed by atoms with Gasteiger partial charge in [-0.1, -0.05) is 20.8 Å². The molecule has 4 atom stereocenters. The van der Waals surface area contributed by atoms with Gasteiger partial charge >= 0.3 is 0 Å². The van der Waals surface area contributed by atoms with E-state index in [1.807, 2.05) is 13.8 Å². The number of ether oxygens (including phenoxy) is 2. The molecule has 0 aromatic rings. The Morgan fingerprint density at radius 1 is 1.46 bits per heavy atom. The highest BCUT2D eigenvalue weighted by molar-refractivity contribution is 5.90. The summed E-state index contributed by atoms with van der Waals surface area (Å²) in [5.41, 5.74) is 0. The molecule has 0 aromatic carbocycles. The molecular formula is C10H16O3. The van der Waals surface area contributed by atoms with Crippen molar-refractivity contribution < 1.29 is 14.3 Å². The second-order valence-corrected chi connectivity index (χ2v) is 4.40. The third-order valence-corrected chi connectivity index (χ3v) is 2.87. The highest BCUT2D eigenvalue weighted by Gasteiger charge is 2.50. The zero-order chi connectivity index (χ0) is 9.59. The van der Waals surface area contributed by atoms with Crippen LogP contribution in [0.2, 0.25) is 0 Å². The largest absolute Gasteiger partial charge is 0.367 e. The molecule has 74 valence electrons. The van der Waals surface area contributed by atoms with Crippen molar-refractivity contribution in [1.82, 2.24) is 0 Å². The SMILES string of the molecule is CC(C)[C@H]1O[C@@H]2[C@H](C)CO[C@@H]2C1=O. The predicted molar refractivity (Wildman–Crippen MR) is 47.4 cm³/mol. The average molecular weight is 184 g/mol. The van der Waals surface area contributed by atoms with Gasteiger partial charge in [0, 0.05) is 5.92 Å². The Kier molecular flexibility index (Phi) is 2.16. The summed E-state index contributed by atoms with van der Waals surface area (Å²) in [7, 11) is 0. The first-order chi connectivity index (χ1) is 6.11. The Labute approximate surface area is 78.4 Å². The highest BCUT2D eigenvalue weighted by atomic mass is 16.6. The number of hydrogen-bond acceptors (Lipinski definition) is 3. The molecule has 0 unspecified atom stereocenters. The lowest BCUT2D eigenvalue weighted by Crippen LogP contribution is -2.28. The van der Waals surface area contributed by atoms with E-state index >= 15 is 0 Å². The molecule has 3 heteroatoms. The van der Waals surface area contributed by atoms with Crippen LogP contribution in [0.1, 0.15) is 20.8 Å². The van der Waals surface area contributed by atoms with Crippen LogP contribution in [0.4, 0.5) is 0 Å². The number of fused-ring (bicyclic) bond motifs is 1. The number of hydrogen-bond donors (Lipinski definition) is 0. The van der Waals surface area contributed by atoms with Gasteiger partial charge < -0.3 is 9.47 Å². The van der Waals surface area contributed by atoms with Gasteiger partial charge in [0.15, 0.2) is 5.78 Å². The maximum atomic E-state index is 11.7. The lowest BCUT2D eigenvalue weighted by Gasteiger charge is -2.16. The molecule has 2 aliphatic rings. The molecule has 0 aliphatic carbocycles. The van der Waals surface area contributed by atoms with E-state index in [4.69, 9.17) is 9.47 Å². The molecule has 2 rings (SSSR count). The predicted octanol–water partition coefficient (Wildman–Crippen LogP) is 1.01. The number of carbonyl (C=O) groups is 1. The molecule has 2 heterocycles. The fourth-order valence-electron chi connectivity index (χ4n) is 2.08. The zero-order valence-electron chi connectivity index (χ0n) is 8.32. The van der Waals surface area contributed by atoms with Gasteiger partial charge in [0.2, 0.25) is 0 Å². The quantitative estimate of drug-likeness (QED) is 0.610. The average Bonchev–Trinajstić information content (AvgIpc) is 2.55. The number of ketones is 1. The van der Waals surface area contributed by atoms with Crippen molar-refractivity contribution in [2.24, 2.45) is 11.8 Å². The number of rotatable bonds is 1. The molecule has 0 amide bonds. The second kappa shape index (κ2) is 3.07. The van der Waals surface area contributed by atoms with Gasteiger partial charge in [-0.25, -0.2) is 0 Å². The van der Waals surface area contributed by atoms with Gasteiger partial charge in [0.1, 0.15) is 12.2 Å². The standard InChI is InChI=1S/C10H16O3/c1-5(2)8-7(11)10-9(13-8)6(3)4-12-10/h5-6,8-10H,4H2,1-3H3/t6-,8-,9-,10-/m1/s1. The Morgan fingerprint density at radius 3 is 2.69 bits per heavy atom. The van der Waals surface area contributed by atoms with E-state index in [2.05, 4.69) is 6.92 Å². The summed E-state index contributed by atoms with van der Waals surface area (Å²) in [4.78, 5) is 11.7. The molecular weight excluding hydrogens is 168 g/mol. The molecule has 0 radical (unpaired) electrons. The van der Waals surface area contributed by atoms with Crippen LogP contribution in [-0.2, 0) is 14.3 Å². The monoisotopic (exact) mass is 184 g/mol. The summed E-state index contributed by atoms with van der Waals surface area (Å²) >= 11 is 0. The number of Topliss-reactive ketones (excluding diaryl/α,β-unsaturated/α-hetero) is 1. The third kappa shape index (κ3) is 1.30. The van der Waals surface area contributed by atoms with Crippen LogP contribution in [-0.4, -0.2) is 30.7 Å². The maximum absolute atomic E-state index is 11.7. The van der Waals surface area contributed by atoms with Gasteiger partial charge in [-0.3, -0.25) is 4.79 Å². The molecule has 0 spiro atoms. The Balaban J connectivity index is 2.13. The van der Waals surface area contributed by atoms with Gasteiger partial charge in [0.05, 0.1) is 12.7 Å². The van der Waals surface area contributed by atoms with Crippen LogP contribution in [0.3, 0.4) is 0 Å². The van der Waals surface area contributed by atoms with Crippen molar-refractivity contribution >= 4 is 5.78 Å². The van der Waals surface area contributed by atoms with Gasteiger partial charge in [-0.2, -0.15) is 0 Å². The molecule has 2 fully saturated rings. The molecule has 2 saturated heterocycles. The van der Waals surface area contributed by atoms with E-state index in [9.17, 15) is 4.79 Å². The van der Waals surface area contributed by atoms with Crippen molar-refractivity contribution in [3.8, 4) is 0 Å². The third-order valence-electron chi connectivity index (χ3n) is 2.87. The molecule has 0 saturated carbocycles. The zero-order valence-corrected chi connectivity index (χ0v) is 8.32. The summed E-state index contributed by atoms with van der Waals surface area (Å²) in [5, 5.41) is 0. The van der Waals surface area contributed by atoms with Gasteiger partial charge in [-0.05, 0) is 5.92 Å². The first-order valence-electron chi connectivity index (χ1n) is 4.92. The van der Waals surface area contributed by atoms with E-state index in [1.165, 1.54) is 0 Å². The van der Waals surface area contributed by atoms with E-state index < -0.39 is 0 Å². The fourth-order valence-corrected chi connectivity index (χ4v) is 2.08. The van der Waals surface area contributed by atoms with Gasteiger partial charge in [-0.15, -0.1) is 0 Å². The highest BCUT2D eigenvalue weighted by Crippen LogP contribution is 2.34. The van der Waals surface area contributed by atoms with Crippen LogP contribution in [0.5, 0.6) is 0 Å². The normalized spacial score (nSPS) is 44.5. The van der Waals surface area contributed by atoms with E-state index in [-0.39, 0.29) is 30.0 Å². The lowest BCUT2D eigenvalue weighted by atomic mass is 9.99. The van der Waals surface area contributed by atoms with Crippen LogP contribution in [0.15, 0.2) is 0 Å². The molecule has 0 N–H and O–H groups in total. The Morgan fingerprint density at radius 2 is 2.15 bits per heavy atom. The minimum absolute atomic E-state index is 0.0138. The first kappa shape index (κ1) is 9.16. The van der Waals surface area contributed by atoms with Crippen molar-refractivity contribution in [3.05, 3.63) is 0 Å². The first-order valence-corrected chi connectivity index (χ1v) is 4.92. The van der Waals surface area contributed by atoms with Crippen LogP contribution in [0, 0.1) is 11.8 Å². The van der Waals surface area contributed by atoms with Gasteiger partial charge in [0.25, 0.3) is 0 Å². The minimum Gasteiger partial charge on any atom is -0.367 e. The minimum atomic E-state index is -0.276. The molecule has 13 heavy (non-hydrogen) atoms. The molecule has 2 aliphatic heterocycles. The van der Waals surface area contributed by atoms with Crippen LogP contribution < -0.4 is 0 Å². The smallest absolute Gasteiger partial charge is 0.193 e.